The van der Waals surface area contributed by atoms with Crippen LogP contribution in [0.25, 0.3) is 0 Å². The van der Waals surface area contributed by atoms with E-state index in [0.29, 0.717) is 29.1 Å². The zero-order chi connectivity index (χ0) is 20.0. The summed E-state index contributed by atoms with van der Waals surface area (Å²) in [4.78, 5) is 37.2. The Bertz CT molecular complexity index is 842. The van der Waals surface area contributed by atoms with Crippen LogP contribution >= 0.6 is 0 Å². The molecular weight excluding hydrogens is 346 g/mol. The number of aryl methyl sites for hydroxylation is 2. The van der Waals surface area contributed by atoms with Crippen molar-refractivity contribution in [3.63, 3.8) is 0 Å². The highest BCUT2D eigenvalue weighted by molar-refractivity contribution is 6.10. The summed E-state index contributed by atoms with van der Waals surface area (Å²) in [5.74, 6) is -0.554. The van der Waals surface area contributed by atoms with Crippen molar-refractivity contribution < 1.29 is 18.8 Å². The Morgan fingerprint density at radius 1 is 1.07 bits per heavy atom. The molecule has 0 fully saturated rings. The van der Waals surface area contributed by atoms with Gasteiger partial charge in [0.05, 0.1) is 23.1 Å². The number of rotatable bonds is 7. The van der Waals surface area contributed by atoms with Gasteiger partial charge in [-0.3, -0.25) is 14.4 Å². The standard InChI is InChI=1S/C20H25N3O4/c1-5-10-21-18(24)13(3)22-20(26)16-8-6-7-12(2)17(16)23-19(25)15-9-11-27-14(15)4/h6-9,11,13H,5,10H2,1-4H3,(H,21,24)(H,22,26)(H,23,25)/t13-/m0/s1. The molecule has 2 aromatic rings. The van der Waals surface area contributed by atoms with Gasteiger partial charge in [0.25, 0.3) is 11.8 Å². The Morgan fingerprint density at radius 2 is 1.81 bits per heavy atom. The van der Waals surface area contributed by atoms with Gasteiger partial charge in [-0.2, -0.15) is 0 Å². The summed E-state index contributed by atoms with van der Waals surface area (Å²) in [5, 5.41) is 8.19. The van der Waals surface area contributed by atoms with E-state index < -0.39 is 11.9 Å². The molecule has 0 bridgehead atoms. The molecule has 0 aliphatic rings. The summed E-state index contributed by atoms with van der Waals surface area (Å²) in [7, 11) is 0. The number of carbonyl (C=O) groups is 3. The summed E-state index contributed by atoms with van der Waals surface area (Å²) in [5.41, 5.74) is 1.83. The molecule has 0 saturated heterocycles. The van der Waals surface area contributed by atoms with E-state index in [1.807, 2.05) is 6.92 Å². The van der Waals surface area contributed by atoms with Crippen molar-refractivity contribution in [2.75, 3.05) is 11.9 Å². The summed E-state index contributed by atoms with van der Waals surface area (Å²) in [6, 6.07) is 6.01. The van der Waals surface area contributed by atoms with Crippen LogP contribution < -0.4 is 16.0 Å². The van der Waals surface area contributed by atoms with Gasteiger partial charge in [0, 0.05) is 6.54 Å². The fourth-order valence-electron chi connectivity index (χ4n) is 2.57. The summed E-state index contributed by atoms with van der Waals surface area (Å²) in [6.07, 6.45) is 2.25. The second kappa shape index (κ2) is 9.02. The molecule has 3 N–H and O–H groups in total. The van der Waals surface area contributed by atoms with Crippen molar-refractivity contribution >= 4 is 23.4 Å². The Morgan fingerprint density at radius 3 is 2.44 bits per heavy atom. The molecule has 7 nitrogen and oxygen atoms in total. The van der Waals surface area contributed by atoms with Crippen molar-refractivity contribution in [2.45, 2.75) is 40.2 Å². The van der Waals surface area contributed by atoms with Crippen molar-refractivity contribution in [1.29, 1.82) is 0 Å². The molecule has 1 aromatic carbocycles. The smallest absolute Gasteiger partial charge is 0.259 e. The molecular formula is C20H25N3O4. The summed E-state index contributed by atoms with van der Waals surface area (Å²) >= 11 is 0. The second-order valence-electron chi connectivity index (χ2n) is 6.33. The fraction of sp³-hybridized carbons (Fsp3) is 0.350. The third-order valence-corrected chi connectivity index (χ3v) is 4.15. The molecule has 1 heterocycles. The average molecular weight is 371 g/mol. The average Bonchev–Trinajstić information content (AvgIpc) is 3.07. The highest BCUT2D eigenvalue weighted by Crippen LogP contribution is 2.22. The predicted octanol–water partition coefficient (Wildman–Crippen LogP) is 2.79. The molecule has 0 saturated carbocycles. The van der Waals surface area contributed by atoms with Crippen LogP contribution in [0.5, 0.6) is 0 Å². The van der Waals surface area contributed by atoms with E-state index in [2.05, 4.69) is 16.0 Å². The molecule has 2 rings (SSSR count). The van der Waals surface area contributed by atoms with Crippen LogP contribution in [0.2, 0.25) is 0 Å². The van der Waals surface area contributed by atoms with Crippen LogP contribution in [0.3, 0.4) is 0 Å². The molecule has 0 radical (unpaired) electrons. The Hall–Kier alpha value is -3.09. The van der Waals surface area contributed by atoms with Crippen molar-refractivity contribution in [1.82, 2.24) is 10.6 Å². The topological polar surface area (TPSA) is 100 Å². The molecule has 0 aliphatic carbocycles. The first-order chi connectivity index (χ1) is 12.8. The van der Waals surface area contributed by atoms with Gasteiger partial charge in [0.1, 0.15) is 11.8 Å². The number of anilines is 1. The first-order valence-corrected chi connectivity index (χ1v) is 8.88. The van der Waals surface area contributed by atoms with E-state index in [9.17, 15) is 14.4 Å². The fourth-order valence-corrected chi connectivity index (χ4v) is 2.57. The zero-order valence-electron chi connectivity index (χ0n) is 16.0. The van der Waals surface area contributed by atoms with Gasteiger partial charge in [0.15, 0.2) is 0 Å². The lowest BCUT2D eigenvalue weighted by atomic mass is 10.1. The molecule has 0 unspecified atom stereocenters. The number of carbonyl (C=O) groups excluding carboxylic acids is 3. The lowest BCUT2D eigenvalue weighted by Gasteiger charge is -2.17. The van der Waals surface area contributed by atoms with Gasteiger partial charge < -0.3 is 20.4 Å². The Balaban J connectivity index is 2.19. The number of amides is 3. The minimum absolute atomic E-state index is 0.252. The third-order valence-electron chi connectivity index (χ3n) is 4.15. The van der Waals surface area contributed by atoms with Crippen molar-refractivity contribution in [2.24, 2.45) is 0 Å². The first-order valence-electron chi connectivity index (χ1n) is 8.88. The van der Waals surface area contributed by atoms with E-state index in [1.165, 1.54) is 6.26 Å². The number of hydrogen-bond donors (Lipinski definition) is 3. The van der Waals surface area contributed by atoms with Crippen LogP contribution in [-0.4, -0.2) is 30.3 Å². The van der Waals surface area contributed by atoms with Gasteiger partial charge in [-0.25, -0.2) is 0 Å². The third kappa shape index (κ3) is 4.97. The van der Waals surface area contributed by atoms with E-state index in [0.717, 1.165) is 12.0 Å². The molecule has 27 heavy (non-hydrogen) atoms. The highest BCUT2D eigenvalue weighted by Gasteiger charge is 2.21. The van der Waals surface area contributed by atoms with Crippen LogP contribution in [0, 0.1) is 13.8 Å². The van der Waals surface area contributed by atoms with Crippen molar-refractivity contribution in [3.05, 3.63) is 53.0 Å². The number of nitrogens with one attached hydrogen (secondary N) is 3. The summed E-state index contributed by atoms with van der Waals surface area (Å²) < 4.78 is 5.16. The maximum atomic E-state index is 12.7. The molecule has 1 atom stereocenters. The zero-order valence-corrected chi connectivity index (χ0v) is 16.0. The molecule has 1 aromatic heterocycles. The van der Waals surface area contributed by atoms with Crippen LogP contribution in [0.1, 0.15) is 52.3 Å². The quantitative estimate of drug-likeness (QED) is 0.697. The minimum Gasteiger partial charge on any atom is -0.469 e. The van der Waals surface area contributed by atoms with Gasteiger partial charge >= 0.3 is 0 Å². The Kier molecular flexibility index (Phi) is 6.76. The number of hydrogen-bond acceptors (Lipinski definition) is 4. The van der Waals surface area contributed by atoms with E-state index >= 15 is 0 Å². The number of benzene rings is 1. The van der Waals surface area contributed by atoms with Gasteiger partial charge in [-0.1, -0.05) is 19.1 Å². The summed E-state index contributed by atoms with van der Waals surface area (Å²) in [6.45, 7) is 7.61. The van der Waals surface area contributed by atoms with E-state index in [1.54, 1.807) is 45.0 Å². The second-order valence-corrected chi connectivity index (χ2v) is 6.33. The highest BCUT2D eigenvalue weighted by atomic mass is 16.3. The lowest BCUT2D eigenvalue weighted by Crippen LogP contribution is -2.45. The lowest BCUT2D eigenvalue weighted by molar-refractivity contribution is -0.122. The van der Waals surface area contributed by atoms with E-state index in [4.69, 9.17) is 4.42 Å². The number of para-hydroxylation sites is 1. The van der Waals surface area contributed by atoms with Crippen LogP contribution in [-0.2, 0) is 4.79 Å². The molecule has 3 amide bonds. The predicted molar refractivity (Wildman–Crippen MR) is 103 cm³/mol. The monoisotopic (exact) mass is 371 g/mol. The molecule has 0 spiro atoms. The normalized spacial score (nSPS) is 11.6. The first kappa shape index (κ1) is 20.2. The number of furan rings is 1. The minimum atomic E-state index is -0.691. The van der Waals surface area contributed by atoms with E-state index in [-0.39, 0.29) is 11.8 Å². The van der Waals surface area contributed by atoms with Gasteiger partial charge in [-0.15, -0.1) is 0 Å². The van der Waals surface area contributed by atoms with Gasteiger partial charge in [0.2, 0.25) is 5.91 Å². The maximum absolute atomic E-state index is 12.7. The molecule has 144 valence electrons. The molecule has 0 aliphatic heterocycles. The van der Waals surface area contributed by atoms with Crippen molar-refractivity contribution in [3.8, 4) is 0 Å². The van der Waals surface area contributed by atoms with Crippen LogP contribution in [0.15, 0.2) is 34.9 Å². The largest absolute Gasteiger partial charge is 0.469 e. The Labute approximate surface area is 158 Å². The van der Waals surface area contributed by atoms with Crippen LogP contribution in [0.4, 0.5) is 5.69 Å². The van der Waals surface area contributed by atoms with Gasteiger partial charge in [-0.05, 0) is 44.9 Å². The molecule has 7 heteroatoms. The maximum Gasteiger partial charge on any atom is 0.259 e. The SMILES string of the molecule is CCCNC(=O)[C@H](C)NC(=O)c1cccc(C)c1NC(=O)c1ccoc1C.